The molecule has 0 radical (unpaired) electrons. The maximum absolute atomic E-state index is 12.7. The Labute approximate surface area is 148 Å². The molecule has 0 N–H and O–H groups in total. The Hall–Kier alpha value is -2.18. The Balaban J connectivity index is 1.76. The molecular weight excluding hydrogens is 336 g/mol. The first-order valence-corrected chi connectivity index (χ1v) is 9.74. The van der Waals surface area contributed by atoms with Gasteiger partial charge in [0.2, 0.25) is 15.9 Å². The van der Waals surface area contributed by atoms with Gasteiger partial charge < -0.3 is 4.90 Å². The summed E-state index contributed by atoms with van der Waals surface area (Å²) in [6, 6.07) is 14.4. The average Bonchev–Trinajstić information content (AvgIpc) is 3.03. The second kappa shape index (κ2) is 6.98. The minimum absolute atomic E-state index is 0.0899. The summed E-state index contributed by atoms with van der Waals surface area (Å²) in [7, 11) is -1.99. The molecule has 1 heterocycles. The van der Waals surface area contributed by atoms with E-state index in [-0.39, 0.29) is 10.8 Å². The number of rotatable bonds is 5. The number of benzene rings is 2. The highest BCUT2D eigenvalue weighted by Gasteiger charge is 2.24. The molecule has 5 nitrogen and oxygen atoms in total. The highest BCUT2D eigenvalue weighted by Crippen LogP contribution is 2.24. The van der Waals surface area contributed by atoms with E-state index in [4.69, 9.17) is 0 Å². The van der Waals surface area contributed by atoms with Crippen molar-refractivity contribution < 1.29 is 13.2 Å². The van der Waals surface area contributed by atoms with Crippen LogP contribution in [0.15, 0.2) is 53.4 Å². The van der Waals surface area contributed by atoms with Gasteiger partial charge in [0.15, 0.2) is 0 Å². The van der Waals surface area contributed by atoms with Gasteiger partial charge in [0, 0.05) is 32.2 Å². The first kappa shape index (κ1) is 17.6. The van der Waals surface area contributed by atoms with Crippen LogP contribution in [-0.2, 0) is 21.4 Å². The molecule has 0 spiro atoms. The van der Waals surface area contributed by atoms with Crippen LogP contribution in [0.5, 0.6) is 0 Å². The molecule has 1 aliphatic rings. The van der Waals surface area contributed by atoms with Crippen molar-refractivity contribution >= 4 is 21.6 Å². The van der Waals surface area contributed by atoms with Crippen LogP contribution in [0.1, 0.15) is 24.0 Å². The standard InChI is InChI=1S/C19H22N2O3S/c1-15-5-7-16(8-6-15)14-20(2)25(23,24)18-11-9-17(10-12-18)21-13-3-4-19(21)22/h5-12H,3-4,13-14H2,1-2H3. The number of anilines is 1. The van der Waals surface area contributed by atoms with Crippen LogP contribution in [0.4, 0.5) is 5.69 Å². The Morgan fingerprint density at radius 1 is 1.04 bits per heavy atom. The lowest BCUT2D eigenvalue weighted by Crippen LogP contribution is -2.27. The maximum Gasteiger partial charge on any atom is 0.243 e. The van der Waals surface area contributed by atoms with Gasteiger partial charge in [0.1, 0.15) is 0 Å². The van der Waals surface area contributed by atoms with Gasteiger partial charge >= 0.3 is 0 Å². The minimum atomic E-state index is -3.57. The lowest BCUT2D eigenvalue weighted by Gasteiger charge is -2.19. The molecule has 0 bridgehead atoms. The van der Waals surface area contributed by atoms with Crippen molar-refractivity contribution in [3.05, 3.63) is 59.7 Å². The zero-order valence-electron chi connectivity index (χ0n) is 14.5. The molecule has 0 aliphatic carbocycles. The van der Waals surface area contributed by atoms with E-state index in [0.717, 1.165) is 23.2 Å². The molecule has 1 fully saturated rings. The fraction of sp³-hybridized carbons (Fsp3) is 0.316. The number of hydrogen-bond acceptors (Lipinski definition) is 3. The molecule has 132 valence electrons. The predicted molar refractivity (Wildman–Crippen MR) is 97.9 cm³/mol. The van der Waals surface area contributed by atoms with Gasteiger partial charge in [-0.1, -0.05) is 29.8 Å². The highest BCUT2D eigenvalue weighted by atomic mass is 32.2. The van der Waals surface area contributed by atoms with E-state index in [1.165, 1.54) is 4.31 Å². The topological polar surface area (TPSA) is 57.7 Å². The lowest BCUT2D eigenvalue weighted by atomic mass is 10.1. The summed E-state index contributed by atoms with van der Waals surface area (Å²) < 4.78 is 26.8. The van der Waals surface area contributed by atoms with Crippen molar-refractivity contribution in [2.45, 2.75) is 31.2 Å². The highest BCUT2D eigenvalue weighted by molar-refractivity contribution is 7.89. The minimum Gasteiger partial charge on any atom is -0.312 e. The summed E-state index contributed by atoms with van der Waals surface area (Å²) in [6.07, 6.45) is 1.40. The molecule has 1 aliphatic heterocycles. The number of aryl methyl sites for hydroxylation is 1. The fourth-order valence-electron chi connectivity index (χ4n) is 2.93. The molecule has 6 heteroatoms. The number of sulfonamides is 1. The molecule has 0 saturated carbocycles. The Kier molecular flexibility index (Phi) is 4.92. The van der Waals surface area contributed by atoms with Gasteiger partial charge in [-0.15, -0.1) is 0 Å². The summed E-state index contributed by atoms with van der Waals surface area (Å²) >= 11 is 0. The number of nitrogens with zero attached hydrogens (tertiary/aromatic N) is 2. The van der Waals surface area contributed by atoms with E-state index in [1.54, 1.807) is 36.2 Å². The third-order valence-electron chi connectivity index (χ3n) is 4.46. The smallest absolute Gasteiger partial charge is 0.243 e. The molecule has 2 aromatic rings. The Morgan fingerprint density at radius 2 is 1.68 bits per heavy atom. The van der Waals surface area contributed by atoms with Crippen LogP contribution >= 0.6 is 0 Å². The number of hydrogen-bond donors (Lipinski definition) is 0. The molecule has 1 saturated heterocycles. The zero-order chi connectivity index (χ0) is 18.0. The Bertz CT molecular complexity index is 859. The molecule has 1 amide bonds. The van der Waals surface area contributed by atoms with Gasteiger partial charge in [-0.25, -0.2) is 8.42 Å². The van der Waals surface area contributed by atoms with Gasteiger partial charge in [0.25, 0.3) is 0 Å². The third kappa shape index (κ3) is 3.75. The monoisotopic (exact) mass is 358 g/mol. The van der Waals surface area contributed by atoms with Crippen LogP contribution < -0.4 is 4.90 Å². The quantitative estimate of drug-likeness (QED) is 0.826. The average molecular weight is 358 g/mol. The fourth-order valence-corrected chi connectivity index (χ4v) is 4.09. The molecule has 0 aromatic heterocycles. The second-order valence-corrected chi connectivity index (χ2v) is 8.43. The largest absolute Gasteiger partial charge is 0.312 e. The van der Waals surface area contributed by atoms with Crippen molar-refractivity contribution in [1.29, 1.82) is 0 Å². The zero-order valence-corrected chi connectivity index (χ0v) is 15.3. The van der Waals surface area contributed by atoms with Crippen LogP contribution in [0, 0.1) is 6.92 Å². The molecule has 0 atom stereocenters. The molecule has 25 heavy (non-hydrogen) atoms. The predicted octanol–water partition coefficient (Wildman–Crippen LogP) is 2.94. The van der Waals surface area contributed by atoms with Gasteiger partial charge in [-0.05, 0) is 43.2 Å². The number of carbonyl (C=O) groups excluding carboxylic acids is 1. The van der Waals surface area contributed by atoms with Gasteiger partial charge in [-0.3, -0.25) is 4.79 Å². The molecular formula is C19H22N2O3S. The molecule has 3 rings (SSSR count). The summed E-state index contributed by atoms with van der Waals surface area (Å²) in [4.78, 5) is 13.7. The second-order valence-electron chi connectivity index (χ2n) is 6.39. The number of amides is 1. The third-order valence-corrected chi connectivity index (χ3v) is 6.27. The van der Waals surface area contributed by atoms with E-state index in [1.807, 2.05) is 31.2 Å². The van der Waals surface area contributed by atoms with E-state index in [0.29, 0.717) is 19.5 Å². The van der Waals surface area contributed by atoms with Crippen molar-refractivity contribution in [2.75, 3.05) is 18.5 Å². The van der Waals surface area contributed by atoms with E-state index in [2.05, 4.69) is 0 Å². The van der Waals surface area contributed by atoms with E-state index >= 15 is 0 Å². The summed E-state index contributed by atoms with van der Waals surface area (Å²) in [5.74, 6) is 0.0899. The van der Waals surface area contributed by atoms with Crippen LogP contribution in [0.2, 0.25) is 0 Å². The maximum atomic E-state index is 12.7. The first-order valence-electron chi connectivity index (χ1n) is 8.30. The summed E-state index contributed by atoms with van der Waals surface area (Å²) in [5, 5.41) is 0. The van der Waals surface area contributed by atoms with Crippen LogP contribution in [-0.4, -0.2) is 32.2 Å². The summed E-state index contributed by atoms with van der Waals surface area (Å²) in [5.41, 5.74) is 2.83. The van der Waals surface area contributed by atoms with Crippen molar-refractivity contribution in [3.8, 4) is 0 Å². The summed E-state index contributed by atoms with van der Waals surface area (Å²) in [6.45, 7) is 3.00. The van der Waals surface area contributed by atoms with Crippen LogP contribution in [0.3, 0.4) is 0 Å². The van der Waals surface area contributed by atoms with Crippen molar-refractivity contribution in [3.63, 3.8) is 0 Å². The lowest BCUT2D eigenvalue weighted by molar-refractivity contribution is -0.117. The first-order chi connectivity index (χ1) is 11.9. The van der Waals surface area contributed by atoms with Crippen molar-refractivity contribution in [2.24, 2.45) is 0 Å². The Morgan fingerprint density at radius 3 is 2.24 bits per heavy atom. The van der Waals surface area contributed by atoms with Gasteiger partial charge in [0.05, 0.1) is 4.90 Å². The van der Waals surface area contributed by atoms with Crippen LogP contribution in [0.25, 0.3) is 0 Å². The van der Waals surface area contributed by atoms with Crippen molar-refractivity contribution in [1.82, 2.24) is 4.31 Å². The van der Waals surface area contributed by atoms with E-state index < -0.39 is 10.0 Å². The molecule has 2 aromatic carbocycles. The SMILES string of the molecule is Cc1ccc(CN(C)S(=O)(=O)c2ccc(N3CCCC3=O)cc2)cc1. The number of carbonyl (C=O) groups is 1. The van der Waals surface area contributed by atoms with Gasteiger partial charge in [-0.2, -0.15) is 4.31 Å². The normalized spacial score (nSPS) is 15.2. The van der Waals surface area contributed by atoms with E-state index in [9.17, 15) is 13.2 Å². The molecule has 0 unspecified atom stereocenters.